The largest absolute Gasteiger partial charge is 0.496 e. The Morgan fingerprint density at radius 3 is 1.29 bits per heavy atom. The number of fused-ring (bicyclic) bond motifs is 1. The molecule has 0 saturated carbocycles. The minimum atomic E-state index is 0.725. The summed E-state index contributed by atoms with van der Waals surface area (Å²) in [5.41, 5.74) is 7.04. The summed E-state index contributed by atoms with van der Waals surface area (Å²) in [6.45, 7) is 0. The van der Waals surface area contributed by atoms with E-state index in [9.17, 15) is 0 Å². The first-order chi connectivity index (χ1) is 18.6. The molecule has 2 heterocycles. The lowest BCUT2D eigenvalue weighted by Crippen LogP contribution is -2.01. The molecule has 8 heteroatoms. The zero-order valence-electron chi connectivity index (χ0n) is 21.6. The first kappa shape index (κ1) is 23.4. The normalized spacial score (nSPS) is 11.2. The fourth-order valence-electron chi connectivity index (χ4n) is 5.05. The number of hydrogen-bond donors (Lipinski definition) is 0. The highest BCUT2D eigenvalue weighted by atomic mass is 16.5. The van der Waals surface area contributed by atoms with Crippen LogP contribution in [0.3, 0.4) is 0 Å². The summed E-state index contributed by atoms with van der Waals surface area (Å²) in [5, 5.41) is 19.8. The number of aryl methyl sites for hydroxylation is 2. The van der Waals surface area contributed by atoms with Crippen LogP contribution in [0, 0.1) is 0 Å². The van der Waals surface area contributed by atoms with Crippen LogP contribution in [-0.4, -0.2) is 44.2 Å². The molecule has 6 rings (SSSR count). The summed E-state index contributed by atoms with van der Waals surface area (Å²) in [7, 11) is 7.16. The Hall–Kier alpha value is -4.98. The molecule has 4 aromatic carbocycles. The van der Waals surface area contributed by atoms with E-state index in [1.807, 2.05) is 86.9 Å². The van der Waals surface area contributed by atoms with E-state index < -0.39 is 0 Å². The van der Waals surface area contributed by atoms with E-state index in [0.717, 1.165) is 67.3 Å². The predicted molar refractivity (Wildman–Crippen MR) is 148 cm³/mol. The molecular formula is C30H26N6O2. The lowest BCUT2D eigenvalue weighted by molar-refractivity contribution is 0.415. The summed E-state index contributed by atoms with van der Waals surface area (Å²) in [5.74, 6) is 1.45. The van der Waals surface area contributed by atoms with Gasteiger partial charge in [-0.15, -0.1) is 10.2 Å². The van der Waals surface area contributed by atoms with E-state index in [-0.39, 0.29) is 0 Å². The van der Waals surface area contributed by atoms with Gasteiger partial charge in [-0.3, -0.25) is 0 Å². The van der Waals surface area contributed by atoms with Crippen molar-refractivity contribution in [3.8, 4) is 56.5 Å². The molecule has 0 amide bonds. The Kier molecular flexibility index (Phi) is 5.84. The summed E-state index contributed by atoms with van der Waals surface area (Å²) >= 11 is 0. The molecule has 0 aliphatic heterocycles. The Labute approximate surface area is 220 Å². The van der Waals surface area contributed by atoms with Gasteiger partial charge in [-0.1, -0.05) is 71.1 Å². The average Bonchev–Trinajstić information content (AvgIpc) is 3.54. The monoisotopic (exact) mass is 502 g/mol. The smallest absolute Gasteiger partial charge is 0.128 e. The molecule has 6 aromatic rings. The van der Waals surface area contributed by atoms with Gasteiger partial charge in [0.15, 0.2) is 0 Å². The topological polar surface area (TPSA) is 79.9 Å². The third-order valence-corrected chi connectivity index (χ3v) is 6.79. The van der Waals surface area contributed by atoms with Gasteiger partial charge in [-0.05, 0) is 35.0 Å². The molecule has 0 radical (unpaired) electrons. The summed E-state index contributed by atoms with van der Waals surface area (Å²) in [4.78, 5) is 0. The molecule has 0 fully saturated rings. The van der Waals surface area contributed by atoms with Crippen molar-refractivity contribution in [3.05, 3.63) is 84.9 Å². The molecule has 0 atom stereocenters. The molecule has 188 valence electrons. The van der Waals surface area contributed by atoms with Crippen LogP contribution in [0.15, 0.2) is 84.9 Å². The van der Waals surface area contributed by atoms with Gasteiger partial charge >= 0.3 is 0 Å². The van der Waals surface area contributed by atoms with Crippen LogP contribution in [0.25, 0.3) is 55.8 Å². The van der Waals surface area contributed by atoms with E-state index in [0.29, 0.717) is 0 Å². The standard InChI is InChI=1S/C30H26N6O2/c1-35-29(27(31-33-35)19-11-7-5-8-12-19)25-21-15-18-24(38-4)26(22(21)16-17-23(25)37-3)30-28(32-34-36(30)2)20-13-9-6-10-14-20/h5-18H,1-4H3. The lowest BCUT2D eigenvalue weighted by Gasteiger charge is -2.18. The van der Waals surface area contributed by atoms with E-state index in [2.05, 4.69) is 32.8 Å². The third-order valence-electron chi connectivity index (χ3n) is 6.79. The second-order valence-electron chi connectivity index (χ2n) is 8.93. The highest BCUT2D eigenvalue weighted by molar-refractivity contribution is 6.09. The minimum Gasteiger partial charge on any atom is -0.496 e. The molecule has 0 bridgehead atoms. The maximum Gasteiger partial charge on any atom is 0.128 e. The van der Waals surface area contributed by atoms with Gasteiger partial charge in [0.2, 0.25) is 0 Å². The van der Waals surface area contributed by atoms with Crippen molar-refractivity contribution in [2.24, 2.45) is 14.1 Å². The molecule has 0 saturated heterocycles. The van der Waals surface area contributed by atoms with Gasteiger partial charge in [0.25, 0.3) is 0 Å². The molecule has 38 heavy (non-hydrogen) atoms. The Balaban J connectivity index is 1.70. The SMILES string of the molecule is COc1ccc2c(-c3c(-c4ccccc4)nnn3C)c(OC)ccc2c1-c1c(-c2ccccc2)nnn1C. The highest BCUT2D eigenvalue weighted by Crippen LogP contribution is 2.47. The molecule has 0 aliphatic rings. The van der Waals surface area contributed by atoms with Crippen molar-refractivity contribution in [3.63, 3.8) is 0 Å². The van der Waals surface area contributed by atoms with Gasteiger partial charge in [0.05, 0.1) is 25.3 Å². The van der Waals surface area contributed by atoms with Crippen molar-refractivity contribution in [2.45, 2.75) is 0 Å². The third kappa shape index (κ3) is 3.69. The fourth-order valence-corrected chi connectivity index (χ4v) is 5.05. The second-order valence-corrected chi connectivity index (χ2v) is 8.93. The fraction of sp³-hybridized carbons (Fsp3) is 0.133. The maximum atomic E-state index is 5.90. The number of rotatable bonds is 6. The van der Waals surface area contributed by atoms with E-state index in [1.54, 1.807) is 23.6 Å². The maximum absolute atomic E-state index is 5.90. The number of hydrogen-bond acceptors (Lipinski definition) is 6. The van der Waals surface area contributed by atoms with E-state index in [4.69, 9.17) is 9.47 Å². The molecule has 0 aliphatic carbocycles. The van der Waals surface area contributed by atoms with Crippen molar-refractivity contribution >= 4 is 10.8 Å². The van der Waals surface area contributed by atoms with Gasteiger partial charge in [-0.25, -0.2) is 9.36 Å². The quantitative estimate of drug-likeness (QED) is 0.287. The first-order valence-corrected chi connectivity index (χ1v) is 12.2. The van der Waals surface area contributed by atoms with Crippen LogP contribution in [0.2, 0.25) is 0 Å². The highest BCUT2D eigenvalue weighted by Gasteiger charge is 2.26. The number of benzene rings is 4. The van der Waals surface area contributed by atoms with Crippen LogP contribution in [-0.2, 0) is 14.1 Å². The average molecular weight is 503 g/mol. The van der Waals surface area contributed by atoms with E-state index in [1.165, 1.54) is 0 Å². The molecule has 0 unspecified atom stereocenters. The number of aromatic nitrogens is 6. The Morgan fingerprint density at radius 2 is 0.921 bits per heavy atom. The first-order valence-electron chi connectivity index (χ1n) is 12.2. The van der Waals surface area contributed by atoms with Crippen LogP contribution in [0.1, 0.15) is 0 Å². The molecule has 8 nitrogen and oxygen atoms in total. The van der Waals surface area contributed by atoms with Gasteiger partial charge in [-0.2, -0.15) is 0 Å². The van der Waals surface area contributed by atoms with Crippen LogP contribution in [0.4, 0.5) is 0 Å². The summed E-state index contributed by atoms with van der Waals surface area (Å²) in [6, 6.07) is 28.2. The van der Waals surface area contributed by atoms with Gasteiger partial charge < -0.3 is 9.47 Å². The van der Waals surface area contributed by atoms with Crippen molar-refractivity contribution in [2.75, 3.05) is 14.2 Å². The number of ether oxygens (including phenoxy) is 2. The second kappa shape index (κ2) is 9.48. The number of methoxy groups -OCH3 is 2. The molecule has 0 N–H and O–H groups in total. The van der Waals surface area contributed by atoms with Gasteiger partial charge in [0.1, 0.15) is 34.3 Å². The van der Waals surface area contributed by atoms with Crippen LogP contribution < -0.4 is 9.47 Å². The van der Waals surface area contributed by atoms with Crippen molar-refractivity contribution in [1.29, 1.82) is 0 Å². The molecule has 2 aromatic heterocycles. The Morgan fingerprint density at radius 1 is 0.526 bits per heavy atom. The minimum absolute atomic E-state index is 0.725. The van der Waals surface area contributed by atoms with Crippen molar-refractivity contribution < 1.29 is 9.47 Å². The zero-order chi connectivity index (χ0) is 26.2. The van der Waals surface area contributed by atoms with Crippen LogP contribution >= 0.6 is 0 Å². The van der Waals surface area contributed by atoms with E-state index >= 15 is 0 Å². The summed E-state index contributed by atoms with van der Waals surface area (Å²) in [6.07, 6.45) is 0. The summed E-state index contributed by atoms with van der Waals surface area (Å²) < 4.78 is 15.4. The molecule has 0 spiro atoms. The Bertz CT molecular complexity index is 1630. The number of nitrogens with zero attached hydrogens (tertiary/aromatic N) is 6. The van der Waals surface area contributed by atoms with Crippen LogP contribution in [0.5, 0.6) is 11.5 Å². The predicted octanol–water partition coefficient (Wildman–Crippen LogP) is 5.78. The van der Waals surface area contributed by atoms with Gasteiger partial charge in [0, 0.05) is 25.2 Å². The zero-order valence-corrected chi connectivity index (χ0v) is 21.6. The lowest BCUT2D eigenvalue weighted by atomic mass is 9.92. The van der Waals surface area contributed by atoms with Crippen molar-refractivity contribution in [1.82, 2.24) is 30.0 Å². The molecular weight excluding hydrogens is 476 g/mol.